The van der Waals surface area contributed by atoms with Crippen LogP contribution in [-0.2, 0) is 17.6 Å². The molecule has 0 aromatic carbocycles. The minimum atomic E-state index is 0.340. The van der Waals surface area contributed by atoms with Gasteiger partial charge >= 0.3 is 0 Å². The minimum Gasteiger partial charge on any atom is -0.378 e. The molecule has 0 radical (unpaired) electrons. The van der Waals surface area contributed by atoms with Crippen molar-refractivity contribution in [2.24, 2.45) is 0 Å². The smallest absolute Gasteiger partial charge is 0.131 e. The van der Waals surface area contributed by atoms with Gasteiger partial charge in [0.15, 0.2) is 0 Å². The molecule has 4 nitrogen and oxygen atoms in total. The second-order valence-electron chi connectivity index (χ2n) is 5.26. The van der Waals surface area contributed by atoms with Gasteiger partial charge in [-0.3, -0.25) is 0 Å². The van der Waals surface area contributed by atoms with Crippen molar-refractivity contribution in [3.05, 3.63) is 23.3 Å². The summed E-state index contributed by atoms with van der Waals surface area (Å²) in [6, 6.07) is 0.436. The first-order valence-electron chi connectivity index (χ1n) is 7.00. The molecule has 1 aliphatic heterocycles. The first-order valence-corrected chi connectivity index (χ1v) is 7.00. The standard InChI is InChI=1S/C14H21N3O/c1-15-12-5-2-6-13-11(12)9-16-14(17-13)8-10-4-3-7-18-10/h9-10,12,15H,2-8H2,1H3. The van der Waals surface area contributed by atoms with E-state index in [4.69, 9.17) is 9.72 Å². The summed E-state index contributed by atoms with van der Waals surface area (Å²) < 4.78 is 5.65. The number of hydrogen-bond acceptors (Lipinski definition) is 4. The van der Waals surface area contributed by atoms with Crippen LogP contribution in [0.1, 0.15) is 48.8 Å². The summed E-state index contributed by atoms with van der Waals surface area (Å²) in [7, 11) is 2.01. The number of nitrogens with zero attached hydrogens (tertiary/aromatic N) is 2. The summed E-state index contributed by atoms with van der Waals surface area (Å²) in [5.74, 6) is 0.956. The molecule has 2 heterocycles. The molecule has 0 spiro atoms. The summed E-state index contributed by atoms with van der Waals surface area (Å²) in [6.07, 6.45) is 9.06. The van der Waals surface area contributed by atoms with E-state index in [0.717, 1.165) is 31.7 Å². The maximum atomic E-state index is 5.65. The zero-order chi connectivity index (χ0) is 12.4. The van der Waals surface area contributed by atoms with Crippen LogP contribution in [0.4, 0.5) is 0 Å². The van der Waals surface area contributed by atoms with Crippen molar-refractivity contribution in [1.82, 2.24) is 15.3 Å². The van der Waals surface area contributed by atoms with Gasteiger partial charge in [0.2, 0.25) is 0 Å². The van der Waals surface area contributed by atoms with Gasteiger partial charge in [-0.05, 0) is 39.2 Å². The lowest BCUT2D eigenvalue weighted by Crippen LogP contribution is -2.24. The van der Waals surface area contributed by atoms with E-state index in [1.165, 1.54) is 30.5 Å². The van der Waals surface area contributed by atoms with E-state index in [0.29, 0.717) is 12.1 Å². The predicted molar refractivity (Wildman–Crippen MR) is 69.4 cm³/mol. The quantitative estimate of drug-likeness (QED) is 0.884. The van der Waals surface area contributed by atoms with E-state index in [2.05, 4.69) is 10.3 Å². The van der Waals surface area contributed by atoms with E-state index in [-0.39, 0.29) is 0 Å². The van der Waals surface area contributed by atoms with Crippen molar-refractivity contribution in [3.8, 4) is 0 Å². The second kappa shape index (κ2) is 5.33. The number of aromatic nitrogens is 2. The van der Waals surface area contributed by atoms with E-state index in [1.807, 2.05) is 13.2 Å². The summed E-state index contributed by atoms with van der Waals surface area (Å²) >= 11 is 0. The third-order valence-electron chi connectivity index (χ3n) is 4.01. The van der Waals surface area contributed by atoms with E-state index >= 15 is 0 Å². The molecule has 98 valence electrons. The van der Waals surface area contributed by atoms with Gasteiger partial charge in [0.25, 0.3) is 0 Å². The molecule has 1 aromatic heterocycles. The number of ether oxygens (including phenoxy) is 1. The number of aryl methyl sites for hydroxylation is 1. The highest BCUT2D eigenvalue weighted by molar-refractivity contribution is 5.24. The molecule has 0 saturated carbocycles. The second-order valence-corrected chi connectivity index (χ2v) is 5.26. The molecule has 2 atom stereocenters. The number of nitrogens with one attached hydrogen (secondary N) is 1. The van der Waals surface area contributed by atoms with Crippen molar-refractivity contribution >= 4 is 0 Å². The van der Waals surface area contributed by atoms with Gasteiger partial charge in [0.1, 0.15) is 5.82 Å². The molecule has 0 bridgehead atoms. The molecule has 0 amide bonds. The van der Waals surface area contributed by atoms with Gasteiger partial charge in [-0.2, -0.15) is 0 Å². The Balaban J connectivity index is 1.77. The van der Waals surface area contributed by atoms with Gasteiger partial charge in [0.05, 0.1) is 6.10 Å². The molecule has 2 aliphatic rings. The van der Waals surface area contributed by atoms with Crippen molar-refractivity contribution in [1.29, 1.82) is 0 Å². The Kier molecular flexibility index (Phi) is 3.57. The Morgan fingerprint density at radius 2 is 2.33 bits per heavy atom. The molecule has 4 heteroatoms. The maximum absolute atomic E-state index is 5.65. The SMILES string of the molecule is CNC1CCCc2nc(CC3CCCO3)ncc21. The highest BCUT2D eigenvalue weighted by atomic mass is 16.5. The lowest BCUT2D eigenvalue weighted by molar-refractivity contribution is 0.110. The van der Waals surface area contributed by atoms with Crippen molar-refractivity contribution < 1.29 is 4.74 Å². The Labute approximate surface area is 108 Å². The Morgan fingerprint density at radius 3 is 3.11 bits per heavy atom. The predicted octanol–water partition coefficient (Wildman–Crippen LogP) is 1.79. The van der Waals surface area contributed by atoms with Crippen LogP contribution in [0.5, 0.6) is 0 Å². The van der Waals surface area contributed by atoms with Crippen molar-refractivity contribution in [3.63, 3.8) is 0 Å². The van der Waals surface area contributed by atoms with Crippen LogP contribution in [0, 0.1) is 0 Å². The number of fused-ring (bicyclic) bond motifs is 1. The molecular weight excluding hydrogens is 226 g/mol. The lowest BCUT2D eigenvalue weighted by atomic mass is 9.92. The van der Waals surface area contributed by atoms with Crippen molar-refractivity contribution in [2.45, 2.75) is 50.7 Å². The fourth-order valence-electron chi connectivity index (χ4n) is 3.00. The fraction of sp³-hybridized carbons (Fsp3) is 0.714. The normalized spacial score (nSPS) is 27.2. The highest BCUT2D eigenvalue weighted by Crippen LogP contribution is 2.28. The summed E-state index contributed by atoms with van der Waals surface area (Å²) in [5, 5.41) is 3.35. The zero-order valence-corrected chi connectivity index (χ0v) is 11.0. The molecule has 2 unspecified atom stereocenters. The highest BCUT2D eigenvalue weighted by Gasteiger charge is 2.22. The summed E-state index contributed by atoms with van der Waals surface area (Å²) in [5.41, 5.74) is 2.53. The van der Waals surface area contributed by atoms with Gasteiger partial charge in [-0.25, -0.2) is 9.97 Å². The van der Waals surface area contributed by atoms with Crippen LogP contribution in [0.15, 0.2) is 6.20 Å². The van der Waals surface area contributed by atoms with E-state index in [1.54, 1.807) is 0 Å². The topological polar surface area (TPSA) is 47.0 Å². The van der Waals surface area contributed by atoms with Crippen LogP contribution in [0.25, 0.3) is 0 Å². The average molecular weight is 247 g/mol. The molecular formula is C14H21N3O. The van der Waals surface area contributed by atoms with Crippen LogP contribution < -0.4 is 5.32 Å². The molecule has 1 N–H and O–H groups in total. The van der Waals surface area contributed by atoms with E-state index < -0.39 is 0 Å². The molecule has 3 rings (SSSR count). The maximum Gasteiger partial charge on any atom is 0.131 e. The third kappa shape index (κ3) is 2.40. The minimum absolute atomic E-state index is 0.340. The zero-order valence-electron chi connectivity index (χ0n) is 11.0. The summed E-state index contributed by atoms with van der Waals surface area (Å²) in [4.78, 5) is 9.27. The van der Waals surface area contributed by atoms with Gasteiger partial charge in [-0.1, -0.05) is 0 Å². The Bertz CT molecular complexity index is 416. The van der Waals surface area contributed by atoms with Gasteiger partial charge < -0.3 is 10.1 Å². The molecule has 18 heavy (non-hydrogen) atoms. The Hall–Kier alpha value is -1.00. The number of hydrogen-bond donors (Lipinski definition) is 1. The lowest BCUT2D eigenvalue weighted by Gasteiger charge is -2.24. The van der Waals surface area contributed by atoms with Crippen molar-refractivity contribution in [2.75, 3.05) is 13.7 Å². The summed E-state index contributed by atoms with van der Waals surface area (Å²) in [6.45, 7) is 0.900. The molecule has 1 aliphatic carbocycles. The first kappa shape index (κ1) is 12.1. The van der Waals surface area contributed by atoms with Crippen LogP contribution in [-0.4, -0.2) is 29.7 Å². The molecule has 1 aromatic rings. The Morgan fingerprint density at radius 1 is 1.39 bits per heavy atom. The van der Waals surface area contributed by atoms with E-state index in [9.17, 15) is 0 Å². The largest absolute Gasteiger partial charge is 0.378 e. The average Bonchev–Trinajstić information content (AvgIpc) is 2.90. The fourth-order valence-corrected chi connectivity index (χ4v) is 3.00. The molecule has 1 fully saturated rings. The monoisotopic (exact) mass is 247 g/mol. The van der Waals surface area contributed by atoms with Gasteiger partial charge in [-0.15, -0.1) is 0 Å². The first-order chi connectivity index (χ1) is 8.86. The third-order valence-corrected chi connectivity index (χ3v) is 4.01. The molecule has 1 saturated heterocycles. The van der Waals surface area contributed by atoms with Crippen LogP contribution >= 0.6 is 0 Å². The number of rotatable bonds is 3. The van der Waals surface area contributed by atoms with Gasteiger partial charge in [0, 0.05) is 36.5 Å². The van der Waals surface area contributed by atoms with Crippen LogP contribution in [0.2, 0.25) is 0 Å². The van der Waals surface area contributed by atoms with Crippen LogP contribution in [0.3, 0.4) is 0 Å².